The minimum absolute atomic E-state index is 0. The van der Waals surface area contributed by atoms with Crippen LogP contribution >= 0.6 is 12.4 Å². The summed E-state index contributed by atoms with van der Waals surface area (Å²) in [6.45, 7) is 4.03. The number of ether oxygens (including phenoxy) is 2. The second kappa shape index (κ2) is 8.32. The zero-order valence-electron chi connectivity index (χ0n) is 12.6. The van der Waals surface area contributed by atoms with E-state index in [2.05, 4.69) is 10.2 Å². The first kappa shape index (κ1) is 17.0. The molecule has 3 aliphatic heterocycles. The van der Waals surface area contributed by atoms with Gasteiger partial charge in [-0.3, -0.25) is 4.79 Å². The van der Waals surface area contributed by atoms with Gasteiger partial charge in [0.15, 0.2) is 0 Å². The molecule has 0 radical (unpaired) electrons. The van der Waals surface area contributed by atoms with E-state index in [1.165, 1.54) is 6.42 Å². The van der Waals surface area contributed by atoms with Gasteiger partial charge in [-0.2, -0.15) is 0 Å². The number of hydrogen-bond acceptors (Lipinski definition) is 4. The number of hydrogen-bond donors (Lipinski definition) is 1. The number of carbonyl (C=O) groups excluding carboxylic acids is 1. The van der Waals surface area contributed by atoms with Crippen LogP contribution in [-0.2, 0) is 14.3 Å². The summed E-state index contributed by atoms with van der Waals surface area (Å²) in [6.07, 6.45) is 6.42. The first-order chi connectivity index (χ1) is 9.84. The number of nitrogens with one attached hydrogen (secondary N) is 1. The molecule has 3 unspecified atom stereocenters. The molecule has 3 fully saturated rings. The van der Waals surface area contributed by atoms with Crippen LogP contribution in [0.3, 0.4) is 0 Å². The van der Waals surface area contributed by atoms with Crippen molar-refractivity contribution in [1.29, 1.82) is 0 Å². The molecule has 3 aliphatic rings. The van der Waals surface area contributed by atoms with E-state index in [-0.39, 0.29) is 24.4 Å². The number of rotatable bonds is 5. The minimum Gasteiger partial charge on any atom is -0.378 e. The van der Waals surface area contributed by atoms with E-state index in [4.69, 9.17) is 9.47 Å². The highest BCUT2D eigenvalue weighted by Gasteiger charge is 2.37. The lowest BCUT2D eigenvalue weighted by atomic mass is 10.1. The predicted molar refractivity (Wildman–Crippen MR) is 82.8 cm³/mol. The van der Waals surface area contributed by atoms with Gasteiger partial charge in [0, 0.05) is 25.2 Å². The van der Waals surface area contributed by atoms with Crippen LogP contribution in [0.4, 0.5) is 0 Å². The molecule has 0 aromatic heterocycles. The standard InChI is InChI=1S/C15H26N2O3.ClH/c18-15(6-9-19-11-14-2-1-8-20-14)17-12-3-4-13(17)10-16-7-5-12;/h12-14,16H,1-11H2;1H. The summed E-state index contributed by atoms with van der Waals surface area (Å²) in [5, 5.41) is 3.43. The summed E-state index contributed by atoms with van der Waals surface area (Å²) in [6, 6.07) is 0.869. The lowest BCUT2D eigenvalue weighted by molar-refractivity contribution is -0.135. The van der Waals surface area contributed by atoms with E-state index in [9.17, 15) is 4.79 Å². The molecule has 5 nitrogen and oxygen atoms in total. The zero-order valence-corrected chi connectivity index (χ0v) is 13.4. The van der Waals surface area contributed by atoms with Crippen LogP contribution in [0, 0.1) is 0 Å². The van der Waals surface area contributed by atoms with Crippen molar-refractivity contribution in [3.05, 3.63) is 0 Å². The number of fused-ring (bicyclic) bond motifs is 2. The molecular formula is C15H27ClN2O3. The molecule has 3 heterocycles. The summed E-state index contributed by atoms with van der Waals surface area (Å²) < 4.78 is 11.1. The van der Waals surface area contributed by atoms with Gasteiger partial charge in [-0.1, -0.05) is 0 Å². The molecule has 0 spiro atoms. The van der Waals surface area contributed by atoms with E-state index in [0.717, 1.165) is 45.4 Å². The summed E-state index contributed by atoms with van der Waals surface area (Å²) in [4.78, 5) is 14.5. The normalized spacial score (nSPS) is 31.8. The van der Waals surface area contributed by atoms with E-state index >= 15 is 0 Å². The van der Waals surface area contributed by atoms with Gasteiger partial charge in [-0.25, -0.2) is 0 Å². The fourth-order valence-corrected chi connectivity index (χ4v) is 3.67. The molecule has 0 saturated carbocycles. The Kier molecular flexibility index (Phi) is 6.74. The molecule has 0 aliphatic carbocycles. The molecule has 3 atom stereocenters. The Morgan fingerprint density at radius 3 is 2.90 bits per heavy atom. The number of carbonyl (C=O) groups is 1. The number of nitrogens with zero attached hydrogens (tertiary/aromatic N) is 1. The highest BCUT2D eigenvalue weighted by Crippen LogP contribution is 2.28. The second-order valence-corrected chi connectivity index (χ2v) is 6.14. The third-order valence-electron chi connectivity index (χ3n) is 4.73. The van der Waals surface area contributed by atoms with Crippen LogP contribution in [0.5, 0.6) is 0 Å². The van der Waals surface area contributed by atoms with Crippen molar-refractivity contribution in [2.75, 3.05) is 32.9 Å². The van der Waals surface area contributed by atoms with Gasteiger partial charge in [0.1, 0.15) is 0 Å². The van der Waals surface area contributed by atoms with Gasteiger partial charge in [0.05, 0.1) is 25.7 Å². The van der Waals surface area contributed by atoms with Crippen molar-refractivity contribution >= 4 is 18.3 Å². The van der Waals surface area contributed by atoms with E-state index in [0.29, 0.717) is 31.7 Å². The predicted octanol–water partition coefficient (Wildman–Crippen LogP) is 1.35. The largest absolute Gasteiger partial charge is 0.378 e. The third-order valence-corrected chi connectivity index (χ3v) is 4.73. The quantitative estimate of drug-likeness (QED) is 0.777. The molecule has 1 amide bonds. The highest BCUT2D eigenvalue weighted by atomic mass is 35.5. The SMILES string of the molecule is Cl.O=C(CCOCC1CCCO1)N1C2CCNCC1CC2. The lowest BCUT2D eigenvalue weighted by Gasteiger charge is -2.28. The first-order valence-corrected chi connectivity index (χ1v) is 8.06. The van der Waals surface area contributed by atoms with E-state index in [1.54, 1.807) is 0 Å². The first-order valence-electron chi connectivity index (χ1n) is 8.06. The zero-order chi connectivity index (χ0) is 13.8. The maximum atomic E-state index is 12.4. The molecule has 6 heteroatoms. The fraction of sp³-hybridized carbons (Fsp3) is 0.933. The van der Waals surface area contributed by atoms with Gasteiger partial charge in [-0.05, 0) is 38.6 Å². The van der Waals surface area contributed by atoms with Gasteiger partial charge < -0.3 is 19.7 Å². The molecule has 122 valence electrons. The Morgan fingerprint density at radius 2 is 2.10 bits per heavy atom. The fourth-order valence-electron chi connectivity index (χ4n) is 3.67. The van der Waals surface area contributed by atoms with Crippen molar-refractivity contribution in [2.45, 2.75) is 56.7 Å². The van der Waals surface area contributed by atoms with E-state index < -0.39 is 0 Å². The maximum Gasteiger partial charge on any atom is 0.225 e. The minimum atomic E-state index is 0. The Labute approximate surface area is 133 Å². The van der Waals surface area contributed by atoms with Crippen molar-refractivity contribution < 1.29 is 14.3 Å². The molecule has 2 bridgehead atoms. The molecule has 21 heavy (non-hydrogen) atoms. The van der Waals surface area contributed by atoms with Crippen LogP contribution in [0.15, 0.2) is 0 Å². The average Bonchev–Trinajstić information content (AvgIpc) is 3.01. The Morgan fingerprint density at radius 1 is 1.24 bits per heavy atom. The summed E-state index contributed by atoms with van der Waals surface area (Å²) in [7, 11) is 0. The monoisotopic (exact) mass is 318 g/mol. The molecule has 0 aromatic rings. The maximum absolute atomic E-state index is 12.4. The van der Waals surface area contributed by atoms with Gasteiger partial charge in [0.25, 0.3) is 0 Å². The van der Waals surface area contributed by atoms with Crippen LogP contribution < -0.4 is 5.32 Å². The van der Waals surface area contributed by atoms with Crippen LogP contribution in [0.1, 0.15) is 38.5 Å². The number of halogens is 1. The van der Waals surface area contributed by atoms with Crippen LogP contribution in [0.2, 0.25) is 0 Å². The Hall–Kier alpha value is -0.360. The van der Waals surface area contributed by atoms with Crippen molar-refractivity contribution in [3.63, 3.8) is 0 Å². The summed E-state index contributed by atoms with van der Waals surface area (Å²) >= 11 is 0. The lowest BCUT2D eigenvalue weighted by Crippen LogP contribution is -2.42. The average molecular weight is 319 g/mol. The Bertz CT molecular complexity index is 323. The van der Waals surface area contributed by atoms with Crippen molar-refractivity contribution in [3.8, 4) is 0 Å². The summed E-state index contributed by atoms with van der Waals surface area (Å²) in [5.74, 6) is 0.272. The molecular weight excluding hydrogens is 292 g/mol. The summed E-state index contributed by atoms with van der Waals surface area (Å²) in [5.41, 5.74) is 0. The molecule has 3 saturated heterocycles. The van der Waals surface area contributed by atoms with Gasteiger partial charge >= 0.3 is 0 Å². The van der Waals surface area contributed by atoms with Crippen molar-refractivity contribution in [2.24, 2.45) is 0 Å². The number of amides is 1. The van der Waals surface area contributed by atoms with Crippen LogP contribution in [-0.4, -0.2) is 61.9 Å². The van der Waals surface area contributed by atoms with Crippen LogP contribution in [0.25, 0.3) is 0 Å². The third kappa shape index (κ3) is 4.31. The smallest absolute Gasteiger partial charge is 0.225 e. The topological polar surface area (TPSA) is 50.8 Å². The molecule has 0 aromatic carbocycles. The second-order valence-electron chi connectivity index (χ2n) is 6.14. The van der Waals surface area contributed by atoms with Gasteiger partial charge in [0.2, 0.25) is 5.91 Å². The Balaban J connectivity index is 0.00000161. The van der Waals surface area contributed by atoms with E-state index in [1.807, 2.05) is 0 Å². The van der Waals surface area contributed by atoms with Crippen molar-refractivity contribution in [1.82, 2.24) is 10.2 Å². The molecule has 3 rings (SSSR count). The highest BCUT2D eigenvalue weighted by molar-refractivity contribution is 5.85. The molecule has 1 N–H and O–H groups in total. The van der Waals surface area contributed by atoms with Gasteiger partial charge in [-0.15, -0.1) is 12.4 Å².